The molecule has 7 heteroatoms. The number of carbonyl (C=O) groups is 3. The monoisotopic (exact) mass is 374 g/mol. The van der Waals surface area contributed by atoms with E-state index >= 15 is 0 Å². The van der Waals surface area contributed by atoms with E-state index in [1.165, 1.54) is 7.11 Å². The zero-order chi connectivity index (χ0) is 20.1. The molecule has 2 rings (SSSR count). The number of methoxy groups -OCH3 is 1. The van der Waals surface area contributed by atoms with Gasteiger partial charge in [0, 0.05) is 10.9 Å². The maximum Gasteiger partial charge on any atom is 0.355 e. The average Bonchev–Trinajstić information content (AvgIpc) is 3.02. The van der Waals surface area contributed by atoms with Crippen molar-refractivity contribution in [2.75, 3.05) is 13.7 Å². The topological polar surface area (TPSA) is 97.5 Å². The molecular formula is C20H26N2O5. The highest BCUT2D eigenvalue weighted by molar-refractivity contribution is 5.97. The fraction of sp³-hybridized carbons (Fsp3) is 0.450. The predicted octanol–water partition coefficient (Wildman–Crippen LogP) is 2.65. The third-order valence-corrected chi connectivity index (χ3v) is 4.17. The number of benzene rings is 1. The van der Waals surface area contributed by atoms with Crippen LogP contribution in [0, 0.1) is 19.8 Å². The van der Waals surface area contributed by atoms with Crippen molar-refractivity contribution in [2.45, 2.75) is 40.2 Å². The summed E-state index contributed by atoms with van der Waals surface area (Å²) in [7, 11) is 1.27. The molecule has 0 saturated carbocycles. The lowest BCUT2D eigenvalue weighted by molar-refractivity contribution is -0.145. The number of ether oxygens (including phenoxy) is 2. The Morgan fingerprint density at radius 1 is 1.15 bits per heavy atom. The minimum atomic E-state index is -0.764. The second-order valence-electron chi connectivity index (χ2n) is 7.08. The number of amides is 1. The summed E-state index contributed by atoms with van der Waals surface area (Å²) >= 11 is 0. The van der Waals surface area contributed by atoms with Crippen LogP contribution in [0.5, 0.6) is 0 Å². The molecule has 27 heavy (non-hydrogen) atoms. The summed E-state index contributed by atoms with van der Waals surface area (Å²) in [6, 6.07) is 4.92. The molecule has 1 atom stereocenters. The Morgan fingerprint density at radius 2 is 1.85 bits per heavy atom. The van der Waals surface area contributed by atoms with E-state index in [0.29, 0.717) is 6.42 Å². The first kappa shape index (κ1) is 20.5. The molecule has 0 radical (unpaired) electrons. The van der Waals surface area contributed by atoms with E-state index in [4.69, 9.17) is 9.47 Å². The highest BCUT2D eigenvalue weighted by Gasteiger charge is 2.23. The van der Waals surface area contributed by atoms with E-state index in [-0.39, 0.29) is 11.6 Å². The maximum atomic E-state index is 12.2. The van der Waals surface area contributed by atoms with Crippen LogP contribution in [0.1, 0.15) is 41.9 Å². The summed E-state index contributed by atoms with van der Waals surface area (Å²) in [6.07, 6.45) is 0.438. The lowest BCUT2D eigenvalue weighted by Gasteiger charge is -2.18. The largest absolute Gasteiger partial charge is 0.467 e. The molecule has 1 heterocycles. The third-order valence-electron chi connectivity index (χ3n) is 4.17. The quantitative estimate of drug-likeness (QED) is 0.726. The number of hydrogen-bond acceptors (Lipinski definition) is 5. The Balaban J connectivity index is 1.99. The van der Waals surface area contributed by atoms with Gasteiger partial charge in [-0.3, -0.25) is 4.79 Å². The second-order valence-corrected chi connectivity index (χ2v) is 7.08. The van der Waals surface area contributed by atoms with Crippen molar-refractivity contribution in [3.05, 3.63) is 35.0 Å². The minimum Gasteiger partial charge on any atom is -0.467 e. The molecule has 0 fully saturated rings. The third kappa shape index (κ3) is 5.32. The van der Waals surface area contributed by atoms with Crippen LogP contribution in [-0.2, 0) is 19.1 Å². The Bertz CT molecular complexity index is 853. The average molecular weight is 374 g/mol. The van der Waals surface area contributed by atoms with Crippen molar-refractivity contribution < 1.29 is 23.9 Å². The number of aromatic amines is 1. The van der Waals surface area contributed by atoms with Crippen molar-refractivity contribution in [1.29, 1.82) is 0 Å². The normalized spacial score (nSPS) is 12.1. The van der Waals surface area contributed by atoms with Crippen LogP contribution >= 0.6 is 0 Å². The molecule has 0 saturated heterocycles. The number of fused-ring (bicyclic) bond motifs is 1. The summed E-state index contributed by atoms with van der Waals surface area (Å²) in [4.78, 5) is 39.1. The molecular weight excluding hydrogens is 348 g/mol. The highest BCUT2D eigenvalue weighted by atomic mass is 16.5. The molecule has 0 aliphatic carbocycles. The van der Waals surface area contributed by atoms with Crippen molar-refractivity contribution in [2.24, 2.45) is 5.92 Å². The van der Waals surface area contributed by atoms with Crippen LogP contribution in [0.4, 0.5) is 0 Å². The van der Waals surface area contributed by atoms with Gasteiger partial charge in [0.25, 0.3) is 5.91 Å². The molecule has 7 nitrogen and oxygen atoms in total. The van der Waals surface area contributed by atoms with Crippen LogP contribution < -0.4 is 5.32 Å². The Labute approximate surface area is 158 Å². The fourth-order valence-corrected chi connectivity index (χ4v) is 2.98. The van der Waals surface area contributed by atoms with E-state index in [9.17, 15) is 14.4 Å². The number of aryl methyl sites for hydroxylation is 2. The van der Waals surface area contributed by atoms with Gasteiger partial charge in [0.05, 0.1) is 7.11 Å². The van der Waals surface area contributed by atoms with E-state index in [2.05, 4.69) is 10.3 Å². The minimum absolute atomic E-state index is 0.190. The van der Waals surface area contributed by atoms with E-state index in [1.54, 1.807) is 6.07 Å². The molecule has 1 aromatic carbocycles. The number of hydrogen-bond donors (Lipinski definition) is 2. The number of aromatic nitrogens is 1. The van der Waals surface area contributed by atoms with Crippen LogP contribution in [-0.4, -0.2) is 42.6 Å². The molecule has 1 amide bonds. The maximum absolute atomic E-state index is 12.2. The van der Waals surface area contributed by atoms with Gasteiger partial charge in [0.1, 0.15) is 11.7 Å². The Morgan fingerprint density at radius 3 is 2.48 bits per heavy atom. The standard InChI is InChI=1S/C20H26N2O5/c1-11(2)6-16(19(24)26-5)22-18(23)10-27-20(25)17-9-14-13(4)7-12(3)8-15(14)21-17/h7-9,11,16,21H,6,10H2,1-5H3,(H,22,23). The smallest absolute Gasteiger partial charge is 0.355 e. The summed E-state index contributed by atoms with van der Waals surface area (Å²) < 4.78 is 9.77. The van der Waals surface area contributed by atoms with Crippen molar-refractivity contribution in [3.8, 4) is 0 Å². The number of esters is 2. The van der Waals surface area contributed by atoms with Gasteiger partial charge in [0.2, 0.25) is 0 Å². The van der Waals surface area contributed by atoms with E-state index in [0.717, 1.165) is 22.0 Å². The van der Waals surface area contributed by atoms with Gasteiger partial charge in [-0.05, 0) is 49.4 Å². The molecule has 1 aromatic heterocycles. The van der Waals surface area contributed by atoms with E-state index in [1.807, 2.05) is 39.8 Å². The molecule has 0 aliphatic heterocycles. The van der Waals surface area contributed by atoms with Crippen LogP contribution in [0.2, 0.25) is 0 Å². The first-order chi connectivity index (χ1) is 12.7. The lowest BCUT2D eigenvalue weighted by Crippen LogP contribution is -2.44. The number of H-pyrrole nitrogens is 1. The van der Waals surface area contributed by atoms with Gasteiger partial charge in [-0.2, -0.15) is 0 Å². The predicted molar refractivity (Wildman–Crippen MR) is 101 cm³/mol. The van der Waals surface area contributed by atoms with Gasteiger partial charge in [-0.15, -0.1) is 0 Å². The van der Waals surface area contributed by atoms with E-state index < -0.39 is 30.5 Å². The van der Waals surface area contributed by atoms with Gasteiger partial charge in [0.15, 0.2) is 6.61 Å². The molecule has 146 valence electrons. The van der Waals surface area contributed by atoms with Crippen molar-refractivity contribution >= 4 is 28.7 Å². The zero-order valence-corrected chi connectivity index (χ0v) is 16.3. The van der Waals surface area contributed by atoms with Crippen molar-refractivity contribution in [1.82, 2.24) is 10.3 Å². The summed E-state index contributed by atoms with van der Waals surface area (Å²) in [6.45, 7) is 7.33. The van der Waals surface area contributed by atoms with Crippen LogP contribution in [0.3, 0.4) is 0 Å². The SMILES string of the molecule is COC(=O)C(CC(C)C)NC(=O)COC(=O)c1cc2c(C)cc(C)cc2[nH]1. The number of nitrogens with one attached hydrogen (secondary N) is 2. The number of rotatable bonds is 7. The van der Waals surface area contributed by atoms with Crippen molar-refractivity contribution in [3.63, 3.8) is 0 Å². The molecule has 2 N–H and O–H groups in total. The lowest BCUT2D eigenvalue weighted by atomic mass is 10.0. The van der Waals surface area contributed by atoms with Crippen LogP contribution in [0.25, 0.3) is 10.9 Å². The Kier molecular flexibility index (Phi) is 6.60. The Hall–Kier alpha value is -2.83. The first-order valence-electron chi connectivity index (χ1n) is 8.85. The molecule has 0 aliphatic rings. The number of carbonyl (C=O) groups excluding carboxylic acids is 3. The molecule has 2 aromatic rings. The summed E-state index contributed by atoms with van der Waals surface area (Å²) in [5, 5.41) is 3.48. The fourth-order valence-electron chi connectivity index (χ4n) is 2.98. The molecule has 1 unspecified atom stereocenters. The summed E-state index contributed by atoms with van der Waals surface area (Å²) in [5.41, 5.74) is 3.25. The molecule has 0 bridgehead atoms. The van der Waals surface area contributed by atoms with Gasteiger partial charge < -0.3 is 19.8 Å². The second kappa shape index (κ2) is 8.70. The first-order valence-corrected chi connectivity index (χ1v) is 8.85. The van der Waals surface area contributed by atoms with Gasteiger partial charge in [-0.1, -0.05) is 19.9 Å². The van der Waals surface area contributed by atoms with Gasteiger partial charge in [-0.25, -0.2) is 9.59 Å². The summed E-state index contributed by atoms with van der Waals surface area (Å²) in [5.74, 6) is -1.51. The molecule has 0 spiro atoms. The van der Waals surface area contributed by atoms with Gasteiger partial charge >= 0.3 is 11.9 Å². The van der Waals surface area contributed by atoms with Crippen LogP contribution in [0.15, 0.2) is 18.2 Å². The zero-order valence-electron chi connectivity index (χ0n) is 16.3. The highest BCUT2D eigenvalue weighted by Crippen LogP contribution is 2.21.